The molecule has 3 rings (SSSR count). The van der Waals surface area contributed by atoms with Gasteiger partial charge in [0.05, 0.1) is 17.0 Å². The molecule has 158 valence electrons. The topological polar surface area (TPSA) is 114 Å². The van der Waals surface area contributed by atoms with Crippen LogP contribution in [-0.2, 0) is 16.1 Å². The Hall–Kier alpha value is -3.99. The lowest BCUT2D eigenvalue weighted by atomic mass is 10.1. The maximum absolute atomic E-state index is 12.8. The molecule has 0 fully saturated rings. The predicted octanol–water partition coefficient (Wildman–Crippen LogP) is 3.25. The molecular formula is C23H22N4O4. The Kier molecular flexibility index (Phi) is 6.78. The maximum Gasteiger partial charge on any atom is 0.360 e. The third-order valence-corrected chi connectivity index (χ3v) is 4.70. The lowest BCUT2D eigenvalue weighted by Gasteiger charge is -2.15. The Labute approximate surface area is 179 Å². The van der Waals surface area contributed by atoms with Crippen LogP contribution >= 0.6 is 0 Å². The number of nitrogens with zero attached hydrogens (tertiary/aromatic N) is 3. The van der Waals surface area contributed by atoms with Crippen molar-refractivity contribution in [1.29, 1.82) is 5.26 Å². The van der Waals surface area contributed by atoms with Gasteiger partial charge in [-0.25, -0.2) is 9.48 Å². The standard InChI is InChI=1S/C23H22N4O4/c1-3-4-12-27-22(29)19-11-6-5-10-18(19)20(26-27)23(30)31-15(2)21(28)25-17-9-7-8-16(13-17)14-24/h5-11,13,15H,3-4,12H2,1-2H3,(H,25,28)/t15-/m0/s1. The molecule has 1 atom stereocenters. The van der Waals surface area contributed by atoms with Crippen molar-refractivity contribution in [3.8, 4) is 6.07 Å². The molecule has 3 aromatic rings. The highest BCUT2D eigenvalue weighted by Gasteiger charge is 2.23. The number of hydrogen-bond donors (Lipinski definition) is 1. The Morgan fingerprint density at radius 2 is 1.94 bits per heavy atom. The van der Waals surface area contributed by atoms with Gasteiger partial charge in [-0.2, -0.15) is 10.4 Å². The second kappa shape index (κ2) is 9.67. The molecule has 2 aromatic carbocycles. The van der Waals surface area contributed by atoms with Crippen molar-refractivity contribution >= 4 is 28.3 Å². The summed E-state index contributed by atoms with van der Waals surface area (Å²) in [7, 11) is 0. The van der Waals surface area contributed by atoms with Crippen LogP contribution in [0.25, 0.3) is 10.8 Å². The van der Waals surface area contributed by atoms with E-state index in [1.54, 1.807) is 42.5 Å². The molecule has 0 aliphatic rings. The molecule has 0 radical (unpaired) electrons. The summed E-state index contributed by atoms with van der Waals surface area (Å²) in [4.78, 5) is 38.0. The van der Waals surface area contributed by atoms with Crippen LogP contribution in [0, 0.1) is 11.3 Å². The molecular weight excluding hydrogens is 396 g/mol. The van der Waals surface area contributed by atoms with Gasteiger partial charge < -0.3 is 10.1 Å². The van der Waals surface area contributed by atoms with E-state index in [0.29, 0.717) is 28.6 Å². The number of esters is 1. The Bertz CT molecular complexity index is 1230. The van der Waals surface area contributed by atoms with Gasteiger partial charge in [0.25, 0.3) is 11.5 Å². The number of amides is 1. The number of aryl methyl sites for hydroxylation is 1. The summed E-state index contributed by atoms with van der Waals surface area (Å²) < 4.78 is 6.61. The molecule has 8 nitrogen and oxygen atoms in total. The summed E-state index contributed by atoms with van der Waals surface area (Å²) in [5.74, 6) is -1.35. The van der Waals surface area contributed by atoms with Crippen LogP contribution in [0.5, 0.6) is 0 Å². The molecule has 0 spiro atoms. The van der Waals surface area contributed by atoms with Gasteiger partial charge in [0.15, 0.2) is 11.8 Å². The van der Waals surface area contributed by atoms with E-state index >= 15 is 0 Å². The molecule has 1 N–H and O–H groups in total. The molecule has 1 aromatic heterocycles. The number of ether oxygens (including phenoxy) is 1. The molecule has 0 unspecified atom stereocenters. The van der Waals surface area contributed by atoms with E-state index in [2.05, 4.69) is 10.4 Å². The second-order valence-electron chi connectivity index (χ2n) is 7.01. The third kappa shape index (κ3) is 4.95. The lowest BCUT2D eigenvalue weighted by molar-refractivity contribution is -0.123. The average Bonchev–Trinajstić information content (AvgIpc) is 2.78. The van der Waals surface area contributed by atoms with Crippen molar-refractivity contribution in [3.63, 3.8) is 0 Å². The number of hydrogen-bond acceptors (Lipinski definition) is 6. The van der Waals surface area contributed by atoms with Gasteiger partial charge in [-0.3, -0.25) is 9.59 Å². The number of rotatable bonds is 7. The predicted molar refractivity (Wildman–Crippen MR) is 116 cm³/mol. The zero-order chi connectivity index (χ0) is 22.4. The monoisotopic (exact) mass is 418 g/mol. The van der Waals surface area contributed by atoms with Crippen LogP contribution in [0.4, 0.5) is 5.69 Å². The number of benzene rings is 2. The smallest absolute Gasteiger partial charge is 0.360 e. The zero-order valence-electron chi connectivity index (χ0n) is 17.3. The van der Waals surface area contributed by atoms with Gasteiger partial charge in [-0.05, 0) is 37.6 Å². The highest BCUT2D eigenvalue weighted by molar-refractivity contribution is 6.03. The summed E-state index contributed by atoms with van der Waals surface area (Å²) >= 11 is 0. The van der Waals surface area contributed by atoms with E-state index in [4.69, 9.17) is 10.00 Å². The van der Waals surface area contributed by atoms with Gasteiger partial charge in [0.1, 0.15) is 0 Å². The number of fused-ring (bicyclic) bond motifs is 1. The van der Waals surface area contributed by atoms with Gasteiger partial charge in [0.2, 0.25) is 0 Å². The molecule has 1 amide bonds. The first kappa shape index (κ1) is 21.7. The van der Waals surface area contributed by atoms with E-state index in [1.807, 2.05) is 13.0 Å². The fourth-order valence-corrected chi connectivity index (χ4v) is 3.03. The van der Waals surface area contributed by atoms with Gasteiger partial charge in [-0.1, -0.05) is 37.6 Å². The quantitative estimate of drug-likeness (QED) is 0.589. The molecule has 0 saturated heterocycles. The average molecular weight is 418 g/mol. The van der Waals surface area contributed by atoms with Crippen LogP contribution in [0.2, 0.25) is 0 Å². The molecule has 8 heteroatoms. The van der Waals surface area contributed by atoms with Crippen LogP contribution in [0.3, 0.4) is 0 Å². The number of anilines is 1. The van der Waals surface area contributed by atoms with Crippen molar-refractivity contribution in [2.45, 2.75) is 39.3 Å². The number of carbonyl (C=O) groups is 2. The molecule has 0 saturated carbocycles. The fourth-order valence-electron chi connectivity index (χ4n) is 3.03. The maximum atomic E-state index is 12.8. The minimum Gasteiger partial charge on any atom is -0.448 e. The summed E-state index contributed by atoms with van der Waals surface area (Å²) in [6, 6.07) is 15.1. The van der Waals surface area contributed by atoms with Crippen molar-refractivity contribution in [3.05, 3.63) is 70.1 Å². The number of nitriles is 1. The van der Waals surface area contributed by atoms with E-state index < -0.39 is 18.0 Å². The number of aromatic nitrogens is 2. The first-order valence-electron chi connectivity index (χ1n) is 9.96. The number of carbonyl (C=O) groups excluding carboxylic acids is 2. The molecule has 0 bridgehead atoms. The van der Waals surface area contributed by atoms with Crippen molar-refractivity contribution < 1.29 is 14.3 Å². The van der Waals surface area contributed by atoms with Crippen molar-refractivity contribution in [1.82, 2.24) is 9.78 Å². The normalized spacial score (nSPS) is 11.5. The first-order chi connectivity index (χ1) is 14.9. The summed E-state index contributed by atoms with van der Waals surface area (Å²) in [6.07, 6.45) is 0.487. The van der Waals surface area contributed by atoms with E-state index in [-0.39, 0.29) is 11.3 Å². The summed E-state index contributed by atoms with van der Waals surface area (Å²) in [5.41, 5.74) is 0.525. The molecule has 31 heavy (non-hydrogen) atoms. The van der Waals surface area contributed by atoms with E-state index in [9.17, 15) is 14.4 Å². The Morgan fingerprint density at radius 3 is 2.65 bits per heavy atom. The zero-order valence-corrected chi connectivity index (χ0v) is 17.3. The molecule has 0 aliphatic carbocycles. The third-order valence-electron chi connectivity index (χ3n) is 4.70. The summed E-state index contributed by atoms with van der Waals surface area (Å²) in [6.45, 7) is 3.82. The van der Waals surface area contributed by atoms with E-state index in [0.717, 1.165) is 12.8 Å². The number of nitrogens with one attached hydrogen (secondary N) is 1. The minimum absolute atomic E-state index is 0.0163. The molecule has 0 aliphatic heterocycles. The Morgan fingerprint density at radius 1 is 1.19 bits per heavy atom. The summed E-state index contributed by atoms with van der Waals surface area (Å²) in [5, 5.41) is 16.5. The van der Waals surface area contributed by atoms with Crippen molar-refractivity contribution in [2.24, 2.45) is 0 Å². The van der Waals surface area contributed by atoms with Crippen LogP contribution in [0.1, 0.15) is 42.7 Å². The minimum atomic E-state index is -1.12. The van der Waals surface area contributed by atoms with Crippen molar-refractivity contribution in [2.75, 3.05) is 5.32 Å². The Balaban J connectivity index is 1.83. The van der Waals surface area contributed by atoms with E-state index in [1.165, 1.54) is 17.7 Å². The van der Waals surface area contributed by atoms with Gasteiger partial charge in [0, 0.05) is 17.6 Å². The van der Waals surface area contributed by atoms with Gasteiger partial charge >= 0.3 is 5.97 Å². The second-order valence-corrected chi connectivity index (χ2v) is 7.01. The van der Waals surface area contributed by atoms with Crippen LogP contribution < -0.4 is 10.9 Å². The van der Waals surface area contributed by atoms with Crippen LogP contribution in [-0.4, -0.2) is 27.8 Å². The SMILES string of the molecule is CCCCn1nc(C(=O)O[C@@H](C)C(=O)Nc2cccc(C#N)c2)c2ccccc2c1=O. The first-order valence-corrected chi connectivity index (χ1v) is 9.96. The highest BCUT2D eigenvalue weighted by Crippen LogP contribution is 2.16. The molecule has 1 heterocycles. The van der Waals surface area contributed by atoms with Gasteiger partial charge in [-0.15, -0.1) is 0 Å². The number of unbranched alkanes of at least 4 members (excludes halogenated alkanes) is 1. The fraction of sp³-hybridized carbons (Fsp3) is 0.261. The lowest BCUT2D eigenvalue weighted by Crippen LogP contribution is -2.32. The highest BCUT2D eigenvalue weighted by atomic mass is 16.5. The largest absolute Gasteiger partial charge is 0.448 e. The van der Waals surface area contributed by atoms with Crippen LogP contribution in [0.15, 0.2) is 53.3 Å².